The van der Waals surface area contributed by atoms with E-state index in [1.807, 2.05) is 56.6 Å². The van der Waals surface area contributed by atoms with Crippen molar-refractivity contribution in [2.75, 3.05) is 20.6 Å². The Kier molecular flexibility index (Phi) is 7.96. The zero-order valence-electron chi connectivity index (χ0n) is 15.0. The van der Waals surface area contributed by atoms with Crippen molar-refractivity contribution >= 4 is 17.5 Å². The fraction of sp³-hybridized carbons (Fsp3) is 0.381. The number of carbonyl (C=O) groups excluding carboxylic acids is 1. The molecule has 1 atom stereocenters. The van der Waals surface area contributed by atoms with Gasteiger partial charge in [0.1, 0.15) is 0 Å². The molecule has 0 fully saturated rings. The molecule has 25 heavy (non-hydrogen) atoms. The van der Waals surface area contributed by atoms with E-state index in [2.05, 4.69) is 22.3 Å². The van der Waals surface area contributed by atoms with Crippen molar-refractivity contribution in [1.82, 2.24) is 10.2 Å². The Morgan fingerprint density at radius 2 is 1.76 bits per heavy atom. The Labute approximate surface area is 156 Å². The predicted molar refractivity (Wildman–Crippen MR) is 105 cm³/mol. The second-order valence-electron chi connectivity index (χ2n) is 6.60. The minimum atomic E-state index is 0.0175. The topological polar surface area (TPSA) is 32.3 Å². The molecule has 0 saturated heterocycles. The van der Waals surface area contributed by atoms with Gasteiger partial charge in [0, 0.05) is 11.4 Å². The van der Waals surface area contributed by atoms with Gasteiger partial charge in [-0.05, 0) is 63.2 Å². The number of nitrogens with zero attached hydrogens (tertiary/aromatic N) is 1. The van der Waals surface area contributed by atoms with E-state index in [9.17, 15) is 4.79 Å². The summed E-state index contributed by atoms with van der Waals surface area (Å²) in [5.74, 6) is 0.106. The fourth-order valence-electron chi connectivity index (χ4n) is 2.77. The van der Waals surface area contributed by atoms with E-state index in [0.29, 0.717) is 11.4 Å². The normalized spacial score (nSPS) is 12.2. The van der Waals surface area contributed by atoms with Crippen molar-refractivity contribution in [3.63, 3.8) is 0 Å². The van der Waals surface area contributed by atoms with Crippen LogP contribution in [0.3, 0.4) is 0 Å². The van der Waals surface area contributed by atoms with E-state index in [0.717, 1.165) is 31.4 Å². The van der Waals surface area contributed by atoms with Gasteiger partial charge in [-0.25, -0.2) is 0 Å². The molecule has 134 valence electrons. The Bertz CT molecular complexity index is 641. The highest BCUT2D eigenvalue weighted by Crippen LogP contribution is 2.20. The zero-order chi connectivity index (χ0) is 18.1. The lowest BCUT2D eigenvalue weighted by atomic mass is 10.0. The largest absolute Gasteiger partial charge is 0.349 e. The monoisotopic (exact) mass is 358 g/mol. The smallest absolute Gasteiger partial charge is 0.220 e. The van der Waals surface area contributed by atoms with Crippen molar-refractivity contribution in [2.24, 2.45) is 0 Å². The summed E-state index contributed by atoms with van der Waals surface area (Å²) in [6.07, 6.45) is 3.20. The third kappa shape index (κ3) is 7.29. The van der Waals surface area contributed by atoms with Crippen LogP contribution in [-0.2, 0) is 11.2 Å². The number of halogens is 1. The molecule has 2 aromatic rings. The van der Waals surface area contributed by atoms with Crippen LogP contribution in [0.1, 0.15) is 36.4 Å². The van der Waals surface area contributed by atoms with Crippen LogP contribution >= 0.6 is 11.6 Å². The number of nitrogens with one attached hydrogen (secondary N) is 1. The van der Waals surface area contributed by atoms with E-state index >= 15 is 0 Å². The van der Waals surface area contributed by atoms with E-state index in [4.69, 9.17) is 11.6 Å². The highest BCUT2D eigenvalue weighted by Gasteiger charge is 2.15. The summed E-state index contributed by atoms with van der Waals surface area (Å²) < 4.78 is 0. The number of carbonyl (C=O) groups is 1. The van der Waals surface area contributed by atoms with Crippen LogP contribution < -0.4 is 5.32 Å². The Hall–Kier alpha value is -1.84. The zero-order valence-corrected chi connectivity index (χ0v) is 15.8. The summed E-state index contributed by atoms with van der Waals surface area (Å²) >= 11 is 5.98. The van der Waals surface area contributed by atoms with Crippen molar-refractivity contribution in [3.05, 3.63) is 70.7 Å². The van der Waals surface area contributed by atoms with Crippen molar-refractivity contribution in [3.8, 4) is 0 Å². The lowest BCUT2D eigenvalue weighted by Gasteiger charge is -2.21. The van der Waals surface area contributed by atoms with Gasteiger partial charge in [-0.15, -0.1) is 0 Å². The first kappa shape index (κ1) is 19.5. The number of aryl methyl sites for hydroxylation is 1. The molecule has 0 spiro atoms. The molecule has 4 heteroatoms. The third-order valence-electron chi connectivity index (χ3n) is 4.18. The van der Waals surface area contributed by atoms with Gasteiger partial charge >= 0.3 is 0 Å². The summed E-state index contributed by atoms with van der Waals surface area (Å²) in [4.78, 5) is 14.5. The minimum Gasteiger partial charge on any atom is -0.349 e. The van der Waals surface area contributed by atoms with Crippen LogP contribution in [0, 0.1) is 0 Å². The minimum absolute atomic E-state index is 0.0175. The summed E-state index contributed by atoms with van der Waals surface area (Å²) in [6, 6.07) is 18.0. The summed E-state index contributed by atoms with van der Waals surface area (Å²) in [5.41, 5.74) is 2.37. The molecule has 2 aromatic carbocycles. The number of hydrogen-bond acceptors (Lipinski definition) is 2. The van der Waals surface area contributed by atoms with E-state index in [1.54, 1.807) is 0 Å². The van der Waals surface area contributed by atoms with Crippen LogP contribution in [0.2, 0.25) is 5.02 Å². The molecule has 0 aliphatic rings. The van der Waals surface area contributed by atoms with Gasteiger partial charge in [0.15, 0.2) is 0 Å². The Morgan fingerprint density at radius 3 is 2.40 bits per heavy atom. The highest BCUT2D eigenvalue weighted by molar-refractivity contribution is 6.30. The quantitative estimate of drug-likeness (QED) is 0.717. The van der Waals surface area contributed by atoms with Gasteiger partial charge in [-0.1, -0.05) is 54.1 Å². The molecular weight excluding hydrogens is 332 g/mol. The van der Waals surface area contributed by atoms with Gasteiger partial charge in [0.2, 0.25) is 5.91 Å². The van der Waals surface area contributed by atoms with Gasteiger partial charge < -0.3 is 10.2 Å². The van der Waals surface area contributed by atoms with Gasteiger partial charge in [-0.2, -0.15) is 0 Å². The van der Waals surface area contributed by atoms with Gasteiger partial charge in [-0.3, -0.25) is 4.79 Å². The molecule has 0 heterocycles. The standard InChI is InChI=1S/C21H27ClN2O/c1-24(2)16-15-20(18-11-13-19(22)14-12-18)23-21(25)10-6-9-17-7-4-3-5-8-17/h3-5,7-8,11-14,20H,6,9-10,15-16H2,1-2H3,(H,23,25). The summed E-state index contributed by atoms with van der Waals surface area (Å²) in [6.45, 7) is 0.914. The molecule has 0 aliphatic heterocycles. The molecule has 0 aromatic heterocycles. The molecule has 3 nitrogen and oxygen atoms in total. The molecule has 2 rings (SSSR count). The van der Waals surface area contributed by atoms with Crippen molar-refractivity contribution in [1.29, 1.82) is 0 Å². The first-order valence-corrected chi connectivity index (χ1v) is 9.16. The maximum Gasteiger partial charge on any atom is 0.220 e. The van der Waals surface area contributed by atoms with E-state index < -0.39 is 0 Å². The maximum atomic E-state index is 12.4. The Morgan fingerprint density at radius 1 is 1.08 bits per heavy atom. The molecule has 1 N–H and O–H groups in total. The Balaban J connectivity index is 1.88. The lowest BCUT2D eigenvalue weighted by Crippen LogP contribution is -2.30. The average molecular weight is 359 g/mol. The van der Waals surface area contributed by atoms with Gasteiger partial charge in [0.25, 0.3) is 0 Å². The summed E-state index contributed by atoms with van der Waals surface area (Å²) in [5, 5.41) is 3.90. The third-order valence-corrected chi connectivity index (χ3v) is 4.44. The van der Waals surface area contributed by atoms with Crippen LogP contribution in [0.4, 0.5) is 0 Å². The second-order valence-corrected chi connectivity index (χ2v) is 7.04. The van der Waals surface area contributed by atoms with Crippen LogP contribution in [-0.4, -0.2) is 31.4 Å². The molecule has 1 unspecified atom stereocenters. The SMILES string of the molecule is CN(C)CCC(NC(=O)CCCc1ccccc1)c1ccc(Cl)cc1. The molecular formula is C21H27ClN2O. The van der Waals surface area contributed by atoms with E-state index in [-0.39, 0.29) is 11.9 Å². The molecule has 0 radical (unpaired) electrons. The average Bonchev–Trinajstić information content (AvgIpc) is 2.60. The van der Waals surface area contributed by atoms with Crippen molar-refractivity contribution in [2.45, 2.75) is 31.7 Å². The van der Waals surface area contributed by atoms with Crippen molar-refractivity contribution < 1.29 is 4.79 Å². The lowest BCUT2D eigenvalue weighted by molar-refractivity contribution is -0.122. The first-order valence-electron chi connectivity index (χ1n) is 8.78. The molecule has 0 saturated carbocycles. The number of benzene rings is 2. The van der Waals surface area contributed by atoms with Crippen LogP contribution in [0.25, 0.3) is 0 Å². The second kappa shape index (κ2) is 10.2. The number of rotatable bonds is 9. The van der Waals surface area contributed by atoms with E-state index in [1.165, 1.54) is 5.56 Å². The maximum absolute atomic E-state index is 12.4. The number of amides is 1. The molecule has 0 bridgehead atoms. The fourth-order valence-corrected chi connectivity index (χ4v) is 2.89. The van der Waals surface area contributed by atoms with Crippen LogP contribution in [0.5, 0.6) is 0 Å². The predicted octanol–water partition coefficient (Wildman–Crippen LogP) is 4.47. The number of hydrogen-bond donors (Lipinski definition) is 1. The van der Waals surface area contributed by atoms with Crippen LogP contribution in [0.15, 0.2) is 54.6 Å². The molecule has 0 aliphatic carbocycles. The van der Waals surface area contributed by atoms with Gasteiger partial charge in [0.05, 0.1) is 6.04 Å². The highest BCUT2D eigenvalue weighted by atomic mass is 35.5. The summed E-state index contributed by atoms with van der Waals surface area (Å²) in [7, 11) is 4.08. The molecule has 1 amide bonds. The first-order chi connectivity index (χ1) is 12.0.